The molecule has 2 atom stereocenters. The second kappa shape index (κ2) is 9.06. The molecule has 180 valence electrons. The van der Waals surface area contributed by atoms with Crippen LogP contribution in [-0.4, -0.2) is 59.3 Å². The molecule has 2 unspecified atom stereocenters. The number of hydrogen-bond acceptors (Lipinski definition) is 5. The van der Waals surface area contributed by atoms with Crippen LogP contribution in [0.5, 0.6) is 0 Å². The van der Waals surface area contributed by atoms with Crippen LogP contribution in [0.4, 0.5) is 14.9 Å². The van der Waals surface area contributed by atoms with Gasteiger partial charge in [0, 0.05) is 30.8 Å². The average Bonchev–Trinajstić information content (AvgIpc) is 3.07. The number of nitrogens with one attached hydrogen (secondary N) is 1. The first kappa shape index (κ1) is 23.7. The molecule has 0 saturated carbocycles. The maximum Gasteiger partial charge on any atom is 0.410 e. The molecule has 0 aromatic heterocycles. The van der Waals surface area contributed by atoms with Gasteiger partial charge in [0.25, 0.3) is 5.91 Å². The van der Waals surface area contributed by atoms with Crippen LogP contribution in [0.15, 0.2) is 42.5 Å². The smallest absolute Gasteiger partial charge is 0.410 e. The second-order valence-electron chi connectivity index (χ2n) is 9.56. The number of nitrogens with zero attached hydrogens (tertiary/aromatic N) is 2. The van der Waals surface area contributed by atoms with E-state index in [1.54, 1.807) is 37.8 Å². The molecule has 0 spiro atoms. The van der Waals surface area contributed by atoms with Gasteiger partial charge in [-0.15, -0.1) is 0 Å². The van der Waals surface area contributed by atoms with E-state index < -0.39 is 35.6 Å². The highest BCUT2D eigenvalue weighted by Gasteiger charge is 2.35. The van der Waals surface area contributed by atoms with E-state index in [0.29, 0.717) is 25.2 Å². The molecule has 1 aliphatic heterocycles. The Hall–Kier alpha value is -3.46. The summed E-state index contributed by atoms with van der Waals surface area (Å²) in [6.07, 6.45) is -0.986. The van der Waals surface area contributed by atoms with E-state index in [4.69, 9.17) is 4.74 Å². The largest absolute Gasteiger partial charge is 0.444 e. The third kappa shape index (κ3) is 5.04. The Morgan fingerprint density at radius 1 is 1.12 bits per heavy atom. The van der Waals surface area contributed by atoms with E-state index >= 15 is 0 Å². The van der Waals surface area contributed by atoms with Gasteiger partial charge in [0.1, 0.15) is 18.0 Å². The molecule has 3 amide bonds. The van der Waals surface area contributed by atoms with Gasteiger partial charge in [-0.1, -0.05) is 6.07 Å². The van der Waals surface area contributed by atoms with Crippen molar-refractivity contribution in [1.82, 2.24) is 10.2 Å². The lowest BCUT2D eigenvalue weighted by molar-refractivity contribution is -0.121. The predicted molar refractivity (Wildman–Crippen MR) is 123 cm³/mol. The first-order chi connectivity index (χ1) is 16.0. The number of fused-ring (bicyclic) bond motifs is 1. The van der Waals surface area contributed by atoms with Gasteiger partial charge in [-0.05, 0) is 68.3 Å². The fraction of sp³-hybridized carbons (Fsp3) is 0.400. The highest BCUT2D eigenvalue weighted by Crippen LogP contribution is 2.35. The molecule has 0 radical (unpaired) electrons. The Kier molecular flexibility index (Phi) is 6.31. The number of amides is 3. The number of carbonyl (C=O) groups excluding carboxylic acids is 3. The Morgan fingerprint density at radius 2 is 1.82 bits per heavy atom. The van der Waals surface area contributed by atoms with Crippen LogP contribution in [0.3, 0.4) is 0 Å². The minimum absolute atomic E-state index is 0.0979. The van der Waals surface area contributed by atoms with E-state index in [1.165, 1.54) is 29.2 Å². The normalized spacial score (nSPS) is 20.2. The van der Waals surface area contributed by atoms with Gasteiger partial charge < -0.3 is 20.1 Å². The van der Waals surface area contributed by atoms with Gasteiger partial charge in [-0.25, -0.2) is 9.18 Å². The Bertz CT molecular complexity index is 1110. The number of hydrogen-bond donors (Lipinski definition) is 2. The molecule has 4 rings (SSSR count). The Morgan fingerprint density at radius 3 is 2.47 bits per heavy atom. The number of anilines is 1. The number of halogens is 1. The van der Waals surface area contributed by atoms with E-state index in [0.717, 1.165) is 11.1 Å². The number of benzene rings is 2. The van der Waals surface area contributed by atoms with Crippen LogP contribution >= 0.6 is 0 Å². The zero-order valence-corrected chi connectivity index (χ0v) is 19.4. The molecule has 2 aliphatic rings. The summed E-state index contributed by atoms with van der Waals surface area (Å²) >= 11 is 0. The number of aliphatic hydroxyl groups is 1. The summed E-state index contributed by atoms with van der Waals surface area (Å²) in [5, 5.41) is 13.4. The molecule has 1 fully saturated rings. The molecule has 2 aromatic rings. The summed E-state index contributed by atoms with van der Waals surface area (Å²) in [5.41, 5.74) is 1.86. The monoisotopic (exact) mass is 469 g/mol. The van der Waals surface area contributed by atoms with Crippen LogP contribution < -0.4 is 10.2 Å². The van der Waals surface area contributed by atoms with Crippen LogP contribution in [0.25, 0.3) is 0 Å². The summed E-state index contributed by atoms with van der Waals surface area (Å²) in [4.78, 5) is 40.8. The average molecular weight is 470 g/mol. The van der Waals surface area contributed by atoms with E-state index in [-0.39, 0.29) is 18.0 Å². The summed E-state index contributed by atoms with van der Waals surface area (Å²) in [6.45, 7) is 5.84. The van der Waals surface area contributed by atoms with Gasteiger partial charge in [-0.2, -0.15) is 0 Å². The van der Waals surface area contributed by atoms with Gasteiger partial charge in [-0.3, -0.25) is 14.5 Å². The number of piperazine rings is 1. The van der Waals surface area contributed by atoms with E-state index in [2.05, 4.69) is 5.32 Å². The molecule has 1 saturated heterocycles. The second-order valence-corrected chi connectivity index (χ2v) is 9.56. The van der Waals surface area contributed by atoms with Crippen LogP contribution in [-0.2, 0) is 16.0 Å². The van der Waals surface area contributed by atoms with Crippen molar-refractivity contribution in [3.63, 3.8) is 0 Å². The molecule has 34 heavy (non-hydrogen) atoms. The zero-order chi connectivity index (χ0) is 24.6. The maximum atomic E-state index is 13.2. The first-order valence-electron chi connectivity index (χ1n) is 11.2. The summed E-state index contributed by atoms with van der Waals surface area (Å²) in [6, 6.07) is 9.94. The van der Waals surface area contributed by atoms with Crippen molar-refractivity contribution in [3.8, 4) is 0 Å². The van der Waals surface area contributed by atoms with Gasteiger partial charge in [0.15, 0.2) is 0 Å². The predicted octanol–water partition coefficient (Wildman–Crippen LogP) is 2.80. The van der Waals surface area contributed by atoms with Crippen molar-refractivity contribution in [2.75, 3.05) is 24.5 Å². The minimum atomic E-state index is -0.825. The van der Waals surface area contributed by atoms with E-state index in [1.807, 2.05) is 6.07 Å². The number of carbonyl (C=O) groups is 3. The lowest BCUT2D eigenvalue weighted by Gasteiger charge is -2.35. The van der Waals surface area contributed by atoms with Crippen molar-refractivity contribution in [1.29, 1.82) is 0 Å². The van der Waals surface area contributed by atoms with Crippen molar-refractivity contribution in [2.45, 2.75) is 44.9 Å². The minimum Gasteiger partial charge on any atom is -0.444 e. The first-order valence-corrected chi connectivity index (χ1v) is 11.2. The van der Waals surface area contributed by atoms with Gasteiger partial charge in [0.05, 0.1) is 12.1 Å². The SMILES string of the molecule is CC(C)(C)OC(=O)N1CCN(c2ccc3c(c2)C(NC(=O)c2ccc(F)cc2)C(O)C3)C(=O)C1. The zero-order valence-electron chi connectivity index (χ0n) is 19.4. The molecular formula is C25H28FN3O5. The van der Waals surface area contributed by atoms with Crippen molar-refractivity contribution in [3.05, 3.63) is 65.0 Å². The standard InChI is InChI=1S/C25H28FN3O5/c1-25(2,3)34-24(33)28-10-11-29(21(31)14-28)18-9-6-16-12-20(30)22(19(16)13-18)27-23(32)15-4-7-17(26)8-5-15/h4-9,13,20,22,30H,10-12,14H2,1-3H3,(H,27,32). The van der Waals surface area contributed by atoms with Gasteiger partial charge in [0.2, 0.25) is 5.91 Å². The molecule has 2 aromatic carbocycles. The fourth-order valence-corrected chi connectivity index (χ4v) is 4.20. The molecule has 1 heterocycles. The summed E-state index contributed by atoms with van der Waals surface area (Å²) in [5.74, 6) is -1.12. The highest BCUT2D eigenvalue weighted by molar-refractivity contribution is 5.97. The van der Waals surface area contributed by atoms with Crippen LogP contribution in [0, 0.1) is 5.82 Å². The molecule has 8 nitrogen and oxygen atoms in total. The van der Waals surface area contributed by atoms with Crippen molar-refractivity contribution >= 4 is 23.6 Å². The van der Waals surface area contributed by atoms with Crippen LogP contribution in [0.1, 0.15) is 48.3 Å². The van der Waals surface area contributed by atoms with Crippen LogP contribution in [0.2, 0.25) is 0 Å². The summed E-state index contributed by atoms with van der Waals surface area (Å²) in [7, 11) is 0. The lowest BCUT2D eigenvalue weighted by Crippen LogP contribution is -2.53. The molecular weight excluding hydrogens is 441 g/mol. The topological polar surface area (TPSA) is 99.2 Å². The molecule has 2 N–H and O–H groups in total. The maximum absolute atomic E-state index is 13.2. The van der Waals surface area contributed by atoms with Gasteiger partial charge >= 0.3 is 6.09 Å². The highest BCUT2D eigenvalue weighted by atomic mass is 19.1. The third-order valence-electron chi connectivity index (χ3n) is 5.86. The Balaban J connectivity index is 1.48. The Labute approximate surface area is 197 Å². The summed E-state index contributed by atoms with van der Waals surface area (Å²) < 4.78 is 18.5. The molecule has 1 aliphatic carbocycles. The van der Waals surface area contributed by atoms with Crippen molar-refractivity contribution in [2.24, 2.45) is 0 Å². The number of rotatable bonds is 3. The third-order valence-corrected chi connectivity index (χ3v) is 5.86. The number of aliphatic hydroxyl groups excluding tert-OH is 1. The quantitative estimate of drug-likeness (QED) is 0.720. The fourth-order valence-electron chi connectivity index (χ4n) is 4.20. The lowest BCUT2D eigenvalue weighted by atomic mass is 10.0. The van der Waals surface area contributed by atoms with Crippen molar-refractivity contribution < 1.29 is 28.6 Å². The van der Waals surface area contributed by atoms with E-state index in [9.17, 15) is 23.9 Å². The number of ether oxygens (including phenoxy) is 1. The molecule has 9 heteroatoms. The molecule has 0 bridgehead atoms.